The van der Waals surface area contributed by atoms with Gasteiger partial charge in [-0.3, -0.25) is 4.79 Å². The minimum atomic E-state index is -0.147. The highest BCUT2D eigenvalue weighted by molar-refractivity contribution is 9.10. The van der Waals surface area contributed by atoms with Crippen LogP contribution in [0, 0.1) is 6.92 Å². The van der Waals surface area contributed by atoms with Crippen LogP contribution in [0.1, 0.15) is 5.56 Å². The molecule has 20 heavy (non-hydrogen) atoms. The molecule has 0 heterocycles. The highest BCUT2D eigenvalue weighted by Gasteiger charge is 2.06. The van der Waals surface area contributed by atoms with Gasteiger partial charge in [-0.2, -0.15) is 0 Å². The predicted octanol–water partition coefficient (Wildman–Crippen LogP) is 4.46. The first-order valence-corrected chi connectivity index (χ1v) is 7.28. The first-order chi connectivity index (χ1) is 9.56. The molecule has 2 rings (SSSR count). The summed E-state index contributed by atoms with van der Waals surface area (Å²) in [5, 5.41) is 6.38. The van der Waals surface area contributed by atoms with E-state index in [4.69, 9.17) is 11.6 Å². The third kappa shape index (κ3) is 3.99. The standard InChI is InChI=1S/C15H14BrClN2O/c1-10-6-7-11(16)14(8-10)18-9-15(20)19-13-5-3-2-4-12(13)17/h2-8,18H,9H2,1H3,(H,19,20). The minimum Gasteiger partial charge on any atom is -0.375 e. The summed E-state index contributed by atoms with van der Waals surface area (Å²) < 4.78 is 0.925. The van der Waals surface area contributed by atoms with E-state index in [0.717, 1.165) is 15.7 Å². The molecule has 0 saturated heterocycles. The van der Waals surface area contributed by atoms with Gasteiger partial charge in [0, 0.05) is 10.2 Å². The number of halogens is 2. The Balaban J connectivity index is 1.96. The van der Waals surface area contributed by atoms with E-state index in [-0.39, 0.29) is 12.5 Å². The molecule has 0 fully saturated rings. The fraction of sp³-hybridized carbons (Fsp3) is 0.133. The highest BCUT2D eigenvalue weighted by Crippen LogP contribution is 2.23. The maximum absolute atomic E-state index is 11.9. The second-order valence-electron chi connectivity index (χ2n) is 4.36. The average molecular weight is 354 g/mol. The van der Waals surface area contributed by atoms with Crippen LogP contribution < -0.4 is 10.6 Å². The summed E-state index contributed by atoms with van der Waals surface area (Å²) >= 11 is 9.43. The van der Waals surface area contributed by atoms with E-state index in [1.807, 2.05) is 37.3 Å². The van der Waals surface area contributed by atoms with Gasteiger partial charge in [-0.05, 0) is 52.7 Å². The Labute approximate surface area is 131 Å². The smallest absolute Gasteiger partial charge is 0.243 e. The van der Waals surface area contributed by atoms with E-state index in [0.29, 0.717) is 10.7 Å². The zero-order chi connectivity index (χ0) is 14.5. The van der Waals surface area contributed by atoms with Crippen molar-refractivity contribution in [2.24, 2.45) is 0 Å². The van der Waals surface area contributed by atoms with Gasteiger partial charge in [0.15, 0.2) is 0 Å². The maximum Gasteiger partial charge on any atom is 0.243 e. The lowest BCUT2D eigenvalue weighted by Gasteiger charge is -2.10. The number of hydrogen-bond donors (Lipinski definition) is 2. The van der Waals surface area contributed by atoms with Crippen molar-refractivity contribution in [3.8, 4) is 0 Å². The molecule has 0 radical (unpaired) electrons. The Morgan fingerprint density at radius 3 is 2.70 bits per heavy atom. The number of carbonyl (C=O) groups is 1. The molecular weight excluding hydrogens is 340 g/mol. The van der Waals surface area contributed by atoms with Crippen molar-refractivity contribution in [3.63, 3.8) is 0 Å². The molecule has 0 unspecified atom stereocenters. The van der Waals surface area contributed by atoms with Gasteiger partial charge in [-0.1, -0.05) is 29.8 Å². The van der Waals surface area contributed by atoms with Crippen molar-refractivity contribution >= 4 is 44.8 Å². The lowest BCUT2D eigenvalue weighted by Crippen LogP contribution is -2.22. The van der Waals surface area contributed by atoms with Gasteiger partial charge in [0.2, 0.25) is 5.91 Å². The number of amides is 1. The van der Waals surface area contributed by atoms with E-state index < -0.39 is 0 Å². The molecule has 2 aromatic carbocycles. The fourth-order valence-electron chi connectivity index (χ4n) is 1.71. The SMILES string of the molecule is Cc1ccc(Br)c(NCC(=O)Nc2ccccc2Cl)c1. The molecule has 0 spiro atoms. The monoisotopic (exact) mass is 352 g/mol. The number of nitrogens with one attached hydrogen (secondary N) is 2. The van der Waals surface area contributed by atoms with Crippen LogP contribution in [0.4, 0.5) is 11.4 Å². The number of aryl methyl sites for hydroxylation is 1. The van der Waals surface area contributed by atoms with Crippen LogP contribution in [-0.4, -0.2) is 12.5 Å². The van der Waals surface area contributed by atoms with Gasteiger partial charge in [0.1, 0.15) is 0 Å². The summed E-state index contributed by atoms with van der Waals surface area (Å²) in [5.74, 6) is -0.147. The van der Waals surface area contributed by atoms with Crippen molar-refractivity contribution < 1.29 is 4.79 Å². The van der Waals surface area contributed by atoms with Gasteiger partial charge in [0.05, 0.1) is 17.3 Å². The van der Waals surface area contributed by atoms with E-state index in [1.165, 1.54) is 0 Å². The van der Waals surface area contributed by atoms with Crippen LogP contribution in [-0.2, 0) is 4.79 Å². The summed E-state index contributed by atoms with van der Waals surface area (Å²) in [6.45, 7) is 2.18. The van der Waals surface area contributed by atoms with E-state index in [9.17, 15) is 4.79 Å². The van der Waals surface area contributed by atoms with Crippen molar-refractivity contribution in [3.05, 3.63) is 57.5 Å². The van der Waals surface area contributed by atoms with Gasteiger partial charge in [-0.15, -0.1) is 0 Å². The first kappa shape index (κ1) is 14.9. The molecule has 1 amide bonds. The molecule has 2 aromatic rings. The van der Waals surface area contributed by atoms with E-state index in [2.05, 4.69) is 26.6 Å². The Kier molecular flexibility index (Phi) is 5.04. The molecule has 0 aliphatic rings. The molecule has 0 saturated carbocycles. The molecule has 0 aliphatic heterocycles. The number of para-hydroxylation sites is 1. The summed E-state index contributed by atoms with van der Waals surface area (Å²) in [6, 6.07) is 13.1. The second kappa shape index (κ2) is 6.77. The van der Waals surface area contributed by atoms with Gasteiger partial charge in [-0.25, -0.2) is 0 Å². The van der Waals surface area contributed by atoms with Gasteiger partial charge in [0.25, 0.3) is 0 Å². The molecule has 0 aromatic heterocycles. The topological polar surface area (TPSA) is 41.1 Å². The summed E-state index contributed by atoms with van der Waals surface area (Å²) in [6.07, 6.45) is 0. The maximum atomic E-state index is 11.9. The zero-order valence-electron chi connectivity index (χ0n) is 10.9. The minimum absolute atomic E-state index is 0.147. The molecule has 0 aliphatic carbocycles. The zero-order valence-corrected chi connectivity index (χ0v) is 13.3. The van der Waals surface area contributed by atoms with Crippen molar-refractivity contribution in [1.82, 2.24) is 0 Å². The van der Waals surface area contributed by atoms with Crippen LogP contribution in [0.15, 0.2) is 46.9 Å². The molecule has 5 heteroatoms. The Hall–Kier alpha value is -1.52. The predicted molar refractivity (Wildman–Crippen MR) is 87.5 cm³/mol. The lowest BCUT2D eigenvalue weighted by atomic mass is 10.2. The lowest BCUT2D eigenvalue weighted by molar-refractivity contribution is -0.114. The quantitative estimate of drug-likeness (QED) is 0.852. The Bertz CT molecular complexity index is 631. The number of anilines is 2. The summed E-state index contributed by atoms with van der Waals surface area (Å²) in [5.41, 5.74) is 2.63. The Morgan fingerprint density at radius 1 is 1.20 bits per heavy atom. The van der Waals surface area contributed by atoms with Crippen molar-refractivity contribution in [1.29, 1.82) is 0 Å². The Morgan fingerprint density at radius 2 is 1.95 bits per heavy atom. The molecule has 104 valence electrons. The normalized spacial score (nSPS) is 10.2. The molecule has 0 atom stereocenters. The third-order valence-electron chi connectivity index (χ3n) is 2.71. The number of rotatable bonds is 4. The highest BCUT2D eigenvalue weighted by atomic mass is 79.9. The number of hydrogen-bond acceptors (Lipinski definition) is 2. The number of benzene rings is 2. The van der Waals surface area contributed by atoms with Gasteiger partial charge < -0.3 is 10.6 Å². The second-order valence-corrected chi connectivity index (χ2v) is 5.63. The molecule has 2 N–H and O–H groups in total. The van der Waals surface area contributed by atoms with Crippen molar-refractivity contribution in [2.45, 2.75) is 6.92 Å². The van der Waals surface area contributed by atoms with Gasteiger partial charge >= 0.3 is 0 Å². The van der Waals surface area contributed by atoms with Crippen LogP contribution in [0.2, 0.25) is 5.02 Å². The molecular formula is C15H14BrClN2O. The van der Waals surface area contributed by atoms with Crippen LogP contribution in [0.5, 0.6) is 0 Å². The summed E-state index contributed by atoms with van der Waals surface area (Å²) in [7, 11) is 0. The van der Waals surface area contributed by atoms with E-state index in [1.54, 1.807) is 12.1 Å². The fourth-order valence-corrected chi connectivity index (χ4v) is 2.28. The van der Waals surface area contributed by atoms with Crippen molar-refractivity contribution in [2.75, 3.05) is 17.2 Å². The largest absolute Gasteiger partial charge is 0.375 e. The van der Waals surface area contributed by atoms with E-state index >= 15 is 0 Å². The number of carbonyl (C=O) groups excluding carboxylic acids is 1. The molecule has 3 nitrogen and oxygen atoms in total. The van der Waals surface area contributed by atoms with Crippen LogP contribution >= 0.6 is 27.5 Å². The summed E-state index contributed by atoms with van der Waals surface area (Å²) in [4.78, 5) is 11.9. The first-order valence-electron chi connectivity index (χ1n) is 6.10. The third-order valence-corrected chi connectivity index (χ3v) is 3.73. The van der Waals surface area contributed by atoms with Crippen LogP contribution in [0.25, 0.3) is 0 Å². The average Bonchev–Trinajstić information content (AvgIpc) is 2.42. The van der Waals surface area contributed by atoms with Crippen LogP contribution in [0.3, 0.4) is 0 Å². The molecule has 0 bridgehead atoms.